The van der Waals surface area contributed by atoms with Gasteiger partial charge in [-0.05, 0) is 18.1 Å². The summed E-state index contributed by atoms with van der Waals surface area (Å²) >= 11 is 0. The first-order chi connectivity index (χ1) is 5.90. The number of nitrogens with one attached hydrogen (secondary N) is 1. The Labute approximate surface area is 71.5 Å². The number of hydrogen-bond acceptors (Lipinski definition) is 3. The standard InChI is InChI=1S/C9H12N2O/c10-12-6-8-5-7-3-1-2-4-9(7)11-8/h1-4,8,11H,5-6,10H2. The molecule has 1 aromatic carbocycles. The van der Waals surface area contributed by atoms with E-state index < -0.39 is 0 Å². The first-order valence-corrected chi connectivity index (χ1v) is 4.06. The van der Waals surface area contributed by atoms with Gasteiger partial charge >= 0.3 is 0 Å². The molecule has 1 unspecified atom stereocenters. The average Bonchev–Trinajstić information content (AvgIpc) is 2.47. The van der Waals surface area contributed by atoms with Crippen LogP contribution >= 0.6 is 0 Å². The number of rotatable bonds is 2. The molecule has 0 saturated carbocycles. The maximum absolute atomic E-state index is 5.00. The van der Waals surface area contributed by atoms with Gasteiger partial charge in [0, 0.05) is 5.69 Å². The maximum atomic E-state index is 5.00. The largest absolute Gasteiger partial charge is 0.379 e. The summed E-state index contributed by atoms with van der Waals surface area (Å²) in [6, 6.07) is 8.61. The molecule has 3 N–H and O–H groups in total. The molecule has 0 aromatic heterocycles. The van der Waals surface area contributed by atoms with E-state index in [2.05, 4.69) is 22.3 Å². The van der Waals surface area contributed by atoms with Gasteiger partial charge < -0.3 is 10.2 Å². The van der Waals surface area contributed by atoms with Crippen molar-refractivity contribution in [2.24, 2.45) is 5.90 Å². The van der Waals surface area contributed by atoms with Crippen LogP contribution in [0.1, 0.15) is 5.56 Å². The van der Waals surface area contributed by atoms with E-state index in [1.54, 1.807) is 0 Å². The van der Waals surface area contributed by atoms with Crippen molar-refractivity contribution in [3.05, 3.63) is 29.8 Å². The van der Waals surface area contributed by atoms with Crippen LogP contribution in [0.4, 0.5) is 5.69 Å². The molecule has 0 amide bonds. The second-order valence-corrected chi connectivity index (χ2v) is 3.04. The van der Waals surface area contributed by atoms with E-state index in [1.165, 1.54) is 11.3 Å². The summed E-state index contributed by atoms with van der Waals surface area (Å²) in [4.78, 5) is 4.59. The van der Waals surface area contributed by atoms with Gasteiger partial charge in [-0.3, -0.25) is 0 Å². The predicted octanol–water partition coefficient (Wildman–Crippen LogP) is 0.913. The molecule has 1 aromatic rings. The molecule has 0 saturated heterocycles. The van der Waals surface area contributed by atoms with Crippen LogP contribution in [0, 0.1) is 0 Å². The normalized spacial score (nSPS) is 20.2. The lowest BCUT2D eigenvalue weighted by Gasteiger charge is -2.07. The van der Waals surface area contributed by atoms with Crippen LogP contribution in [0.3, 0.4) is 0 Å². The third-order valence-electron chi connectivity index (χ3n) is 2.14. The van der Waals surface area contributed by atoms with Crippen molar-refractivity contribution in [2.45, 2.75) is 12.5 Å². The number of hydrogen-bond donors (Lipinski definition) is 2. The summed E-state index contributed by atoms with van der Waals surface area (Å²) in [5.41, 5.74) is 2.55. The molecule has 0 spiro atoms. The third-order valence-corrected chi connectivity index (χ3v) is 2.14. The Morgan fingerprint density at radius 1 is 1.50 bits per heavy atom. The molecular weight excluding hydrogens is 152 g/mol. The van der Waals surface area contributed by atoms with Crippen LogP contribution in [0.2, 0.25) is 0 Å². The van der Waals surface area contributed by atoms with E-state index in [4.69, 9.17) is 5.90 Å². The van der Waals surface area contributed by atoms with Gasteiger partial charge in [-0.1, -0.05) is 18.2 Å². The molecule has 3 nitrogen and oxygen atoms in total. The molecule has 1 aliphatic heterocycles. The summed E-state index contributed by atoms with van der Waals surface area (Å²) < 4.78 is 0. The van der Waals surface area contributed by atoms with E-state index in [0.717, 1.165) is 6.42 Å². The lowest BCUT2D eigenvalue weighted by Crippen LogP contribution is -2.24. The van der Waals surface area contributed by atoms with Crippen LogP contribution in [-0.2, 0) is 11.3 Å². The van der Waals surface area contributed by atoms with Gasteiger partial charge in [0.25, 0.3) is 0 Å². The minimum absolute atomic E-state index is 0.340. The molecule has 1 atom stereocenters. The molecule has 0 aliphatic carbocycles. The van der Waals surface area contributed by atoms with Crippen molar-refractivity contribution < 1.29 is 4.84 Å². The lowest BCUT2D eigenvalue weighted by molar-refractivity contribution is 0.129. The van der Waals surface area contributed by atoms with Crippen LogP contribution in [-0.4, -0.2) is 12.6 Å². The molecule has 1 heterocycles. The van der Waals surface area contributed by atoms with Crippen LogP contribution in [0.5, 0.6) is 0 Å². The molecule has 0 radical (unpaired) electrons. The molecule has 12 heavy (non-hydrogen) atoms. The SMILES string of the molecule is NOCC1Cc2ccccc2N1. The number of benzene rings is 1. The number of para-hydroxylation sites is 1. The zero-order valence-electron chi connectivity index (χ0n) is 6.79. The highest BCUT2D eigenvalue weighted by Crippen LogP contribution is 2.24. The van der Waals surface area contributed by atoms with Gasteiger partial charge in [-0.2, -0.15) is 0 Å². The first kappa shape index (κ1) is 7.58. The lowest BCUT2D eigenvalue weighted by atomic mass is 10.1. The van der Waals surface area contributed by atoms with Gasteiger partial charge in [0.2, 0.25) is 0 Å². The van der Waals surface area contributed by atoms with E-state index in [9.17, 15) is 0 Å². The average molecular weight is 164 g/mol. The molecule has 0 bridgehead atoms. The number of fused-ring (bicyclic) bond motifs is 1. The highest BCUT2D eigenvalue weighted by atomic mass is 16.6. The summed E-state index contributed by atoms with van der Waals surface area (Å²) in [6.45, 7) is 0.564. The Kier molecular flexibility index (Phi) is 1.98. The van der Waals surface area contributed by atoms with Crippen LogP contribution in [0.15, 0.2) is 24.3 Å². The van der Waals surface area contributed by atoms with Crippen molar-refractivity contribution in [3.8, 4) is 0 Å². The Morgan fingerprint density at radius 3 is 3.08 bits per heavy atom. The quantitative estimate of drug-likeness (QED) is 0.639. The predicted molar refractivity (Wildman–Crippen MR) is 47.7 cm³/mol. The van der Waals surface area contributed by atoms with Gasteiger partial charge in [-0.15, -0.1) is 0 Å². The van der Waals surface area contributed by atoms with Crippen LogP contribution < -0.4 is 11.2 Å². The molecule has 0 fully saturated rings. The van der Waals surface area contributed by atoms with Crippen molar-refractivity contribution >= 4 is 5.69 Å². The fraction of sp³-hybridized carbons (Fsp3) is 0.333. The smallest absolute Gasteiger partial charge is 0.0883 e. The van der Waals surface area contributed by atoms with E-state index in [1.807, 2.05) is 12.1 Å². The minimum Gasteiger partial charge on any atom is -0.379 e. The fourth-order valence-electron chi connectivity index (χ4n) is 1.59. The summed E-state index contributed by atoms with van der Waals surface area (Å²) in [7, 11) is 0. The fourth-order valence-corrected chi connectivity index (χ4v) is 1.59. The van der Waals surface area contributed by atoms with Crippen molar-refractivity contribution in [3.63, 3.8) is 0 Å². The van der Waals surface area contributed by atoms with Gasteiger partial charge in [0.1, 0.15) is 0 Å². The molecular formula is C9H12N2O. The van der Waals surface area contributed by atoms with E-state index >= 15 is 0 Å². The molecule has 64 valence electrons. The monoisotopic (exact) mass is 164 g/mol. The van der Waals surface area contributed by atoms with Gasteiger partial charge in [0.05, 0.1) is 12.6 Å². The van der Waals surface area contributed by atoms with Gasteiger partial charge in [0.15, 0.2) is 0 Å². The van der Waals surface area contributed by atoms with E-state index in [-0.39, 0.29) is 0 Å². The highest BCUT2D eigenvalue weighted by molar-refractivity contribution is 5.56. The number of anilines is 1. The van der Waals surface area contributed by atoms with Crippen molar-refractivity contribution in [2.75, 3.05) is 11.9 Å². The summed E-state index contributed by atoms with van der Waals surface area (Å²) in [6.07, 6.45) is 1.01. The van der Waals surface area contributed by atoms with Crippen molar-refractivity contribution in [1.82, 2.24) is 0 Å². The van der Waals surface area contributed by atoms with Crippen molar-refractivity contribution in [1.29, 1.82) is 0 Å². The third kappa shape index (κ3) is 1.29. The zero-order valence-corrected chi connectivity index (χ0v) is 6.79. The number of nitrogens with two attached hydrogens (primary N) is 1. The molecule has 1 aliphatic rings. The maximum Gasteiger partial charge on any atom is 0.0883 e. The molecule has 3 heteroatoms. The Hall–Kier alpha value is -1.06. The highest BCUT2D eigenvalue weighted by Gasteiger charge is 2.19. The molecule has 2 rings (SSSR count). The topological polar surface area (TPSA) is 47.3 Å². The Balaban J connectivity index is 2.11. The summed E-state index contributed by atoms with van der Waals surface area (Å²) in [5.74, 6) is 5.00. The van der Waals surface area contributed by atoms with Gasteiger partial charge in [-0.25, -0.2) is 5.90 Å². The minimum atomic E-state index is 0.340. The second kappa shape index (κ2) is 3.13. The second-order valence-electron chi connectivity index (χ2n) is 3.04. The Morgan fingerprint density at radius 2 is 2.33 bits per heavy atom. The summed E-state index contributed by atoms with van der Waals surface area (Å²) in [5, 5.41) is 3.33. The van der Waals surface area contributed by atoms with Crippen LogP contribution in [0.25, 0.3) is 0 Å². The zero-order chi connectivity index (χ0) is 8.39. The Bertz CT molecular complexity index is 250. The van der Waals surface area contributed by atoms with E-state index in [0.29, 0.717) is 12.6 Å². The first-order valence-electron chi connectivity index (χ1n) is 4.06.